The van der Waals surface area contributed by atoms with Crippen LogP contribution in [-0.4, -0.2) is 40.2 Å². The van der Waals surface area contributed by atoms with Gasteiger partial charge in [0, 0.05) is 17.5 Å². The number of carbonyl (C=O) groups excluding carboxylic acids is 3. The van der Waals surface area contributed by atoms with Gasteiger partial charge in [0.15, 0.2) is 0 Å². The van der Waals surface area contributed by atoms with E-state index in [2.05, 4.69) is 5.32 Å². The number of carboxylic acids is 1. The summed E-state index contributed by atoms with van der Waals surface area (Å²) in [5, 5.41) is 11.9. The minimum atomic E-state index is -1.11. The van der Waals surface area contributed by atoms with Crippen LogP contribution in [0.15, 0.2) is 66.7 Å². The van der Waals surface area contributed by atoms with Gasteiger partial charge in [-0.05, 0) is 46.9 Å². The number of rotatable bonds is 4. The molecule has 0 radical (unpaired) electrons. The highest BCUT2D eigenvalue weighted by molar-refractivity contribution is 6.10. The number of aryl methyl sites for hydroxylation is 1. The number of anilines is 1. The van der Waals surface area contributed by atoms with Gasteiger partial charge < -0.3 is 10.4 Å². The van der Waals surface area contributed by atoms with Gasteiger partial charge in [-0.2, -0.15) is 0 Å². The lowest BCUT2D eigenvalue weighted by atomic mass is 9.55. The molecule has 2 atom stereocenters. The maximum absolute atomic E-state index is 13.6. The number of nitrogens with zero attached hydrogens (tertiary/aromatic N) is 1. The van der Waals surface area contributed by atoms with Crippen molar-refractivity contribution in [3.63, 3.8) is 0 Å². The monoisotopic (exact) mass is 466 g/mol. The molecule has 3 amide bonds. The Labute approximate surface area is 201 Å². The number of nitrogens with one attached hydrogen (secondary N) is 1. The van der Waals surface area contributed by atoms with Crippen LogP contribution in [0, 0.1) is 18.8 Å². The van der Waals surface area contributed by atoms with Crippen LogP contribution in [0.4, 0.5) is 5.69 Å². The van der Waals surface area contributed by atoms with E-state index in [0.717, 1.165) is 27.2 Å². The van der Waals surface area contributed by atoms with Gasteiger partial charge in [-0.25, -0.2) is 4.79 Å². The predicted octanol–water partition coefficient (Wildman–Crippen LogP) is 3.52. The third-order valence-electron chi connectivity index (χ3n) is 7.60. The Kier molecular flexibility index (Phi) is 4.64. The Morgan fingerprint density at radius 3 is 1.77 bits per heavy atom. The van der Waals surface area contributed by atoms with Gasteiger partial charge in [0.05, 0.1) is 17.4 Å². The second kappa shape index (κ2) is 7.63. The Balaban J connectivity index is 1.32. The molecule has 2 N–H and O–H groups in total. The molecule has 0 aromatic heterocycles. The van der Waals surface area contributed by atoms with E-state index in [-0.39, 0.29) is 29.2 Å². The molecule has 0 spiro atoms. The third-order valence-corrected chi connectivity index (χ3v) is 7.60. The summed E-state index contributed by atoms with van der Waals surface area (Å²) < 4.78 is 0. The topological polar surface area (TPSA) is 104 Å². The Bertz CT molecular complexity index is 1330. The third kappa shape index (κ3) is 3.04. The summed E-state index contributed by atoms with van der Waals surface area (Å²) in [7, 11) is 0. The quantitative estimate of drug-likeness (QED) is 0.573. The second-order valence-corrected chi connectivity index (χ2v) is 9.41. The fourth-order valence-corrected chi connectivity index (χ4v) is 6.12. The highest BCUT2D eigenvalue weighted by Gasteiger charge is 2.61. The summed E-state index contributed by atoms with van der Waals surface area (Å²) >= 11 is 0. The van der Waals surface area contributed by atoms with Gasteiger partial charge in [-0.3, -0.25) is 19.3 Å². The van der Waals surface area contributed by atoms with Crippen LogP contribution < -0.4 is 5.32 Å². The predicted molar refractivity (Wildman–Crippen MR) is 127 cm³/mol. The van der Waals surface area contributed by atoms with Crippen molar-refractivity contribution in [2.75, 3.05) is 11.9 Å². The zero-order valence-corrected chi connectivity index (χ0v) is 18.9. The van der Waals surface area contributed by atoms with Crippen molar-refractivity contribution in [3.8, 4) is 0 Å². The second-order valence-electron chi connectivity index (χ2n) is 9.41. The maximum atomic E-state index is 13.6. The molecule has 1 saturated heterocycles. The standard InChI is InChI=1S/C28H22N2O5/c1-14-10-11-15(28(34)35)12-20(14)29-21(31)13-30-26(32)24-22-16-6-2-3-7-17(16)23(25(24)27(30)33)19-9-5-4-8-18(19)22/h2-12,22-25H,13H2,1H3,(H,29,31)(H,34,35)/t22?,23?,24-,25-/m0/s1. The molecule has 35 heavy (non-hydrogen) atoms. The largest absolute Gasteiger partial charge is 0.478 e. The Hall–Kier alpha value is -4.26. The van der Waals surface area contributed by atoms with Crippen molar-refractivity contribution in [2.45, 2.75) is 18.8 Å². The van der Waals surface area contributed by atoms with Gasteiger partial charge in [0.1, 0.15) is 6.54 Å². The number of hydrogen-bond donors (Lipinski definition) is 2. The lowest BCUT2D eigenvalue weighted by molar-refractivity contribution is -0.142. The summed E-state index contributed by atoms with van der Waals surface area (Å²) in [4.78, 5) is 52.5. The lowest BCUT2D eigenvalue weighted by Gasteiger charge is -2.45. The zero-order chi connectivity index (χ0) is 24.4. The number of carbonyl (C=O) groups is 4. The van der Waals surface area contributed by atoms with Crippen molar-refractivity contribution in [1.82, 2.24) is 4.90 Å². The van der Waals surface area contributed by atoms with E-state index in [1.165, 1.54) is 12.1 Å². The van der Waals surface area contributed by atoms with E-state index >= 15 is 0 Å². The highest BCUT2D eigenvalue weighted by atomic mass is 16.4. The van der Waals surface area contributed by atoms with E-state index in [4.69, 9.17) is 0 Å². The molecule has 1 fully saturated rings. The first-order valence-corrected chi connectivity index (χ1v) is 11.5. The number of hydrogen-bond acceptors (Lipinski definition) is 4. The van der Waals surface area contributed by atoms with Crippen LogP contribution in [0.1, 0.15) is 50.0 Å². The molecule has 0 saturated carbocycles. The molecule has 2 bridgehead atoms. The fourth-order valence-electron chi connectivity index (χ4n) is 6.12. The molecule has 1 aliphatic heterocycles. The van der Waals surface area contributed by atoms with Crippen molar-refractivity contribution >= 4 is 29.4 Å². The van der Waals surface area contributed by atoms with E-state index in [9.17, 15) is 24.3 Å². The molecule has 0 unspecified atom stereocenters. The van der Waals surface area contributed by atoms with Crippen molar-refractivity contribution in [2.24, 2.45) is 11.8 Å². The molecule has 7 heteroatoms. The Morgan fingerprint density at radius 2 is 1.31 bits per heavy atom. The molecule has 7 rings (SSSR count). The highest BCUT2D eigenvalue weighted by Crippen LogP contribution is 2.60. The molecule has 7 nitrogen and oxygen atoms in total. The van der Waals surface area contributed by atoms with E-state index in [0.29, 0.717) is 11.3 Å². The van der Waals surface area contributed by atoms with Crippen LogP contribution in [-0.2, 0) is 14.4 Å². The number of amides is 3. The first kappa shape index (κ1) is 21.3. The van der Waals surface area contributed by atoms with Gasteiger partial charge in [0.25, 0.3) is 0 Å². The van der Waals surface area contributed by atoms with Gasteiger partial charge >= 0.3 is 5.97 Å². The van der Waals surface area contributed by atoms with Crippen LogP contribution in [0.3, 0.4) is 0 Å². The zero-order valence-electron chi connectivity index (χ0n) is 18.9. The van der Waals surface area contributed by atoms with Gasteiger partial charge in [-0.1, -0.05) is 54.6 Å². The Morgan fingerprint density at radius 1 is 0.829 bits per heavy atom. The summed E-state index contributed by atoms with van der Waals surface area (Å²) in [5.74, 6) is -3.84. The molecule has 1 heterocycles. The molecule has 4 aliphatic rings. The molecule has 3 aliphatic carbocycles. The summed E-state index contributed by atoms with van der Waals surface area (Å²) in [6.45, 7) is 1.33. The fraction of sp³-hybridized carbons (Fsp3) is 0.214. The molecular weight excluding hydrogens is 444 g/mol. The minimum absolute atomic E-state index is 0.0392. The summed E-state index contributed by atoms with van der Waals surface area (Å²) in [6.07, 6.45) is 0. The summed E-state index contributed by atoms with van der Waals surface area (Å²) in [6, 6.07) is 20.4. The normalized spacial score (nSPS) is 23.5. The lowest BCUT2D eigenvalue weighted by Crippen LogP contribution is -2.41. The average molecular weight is 466 g/mol. The average Bonchev–Trinajstić information content (AvgIpc) is 3.10. The van der Waals surface area contributed by atoms with Crippen molar-refractivity contribution in [1.29, 1.82) is 0 Å². The number of aromatic carboxylic acids is 1. The molecule has 3 aromatic carbocycles. The first-order chi connectivity index (χ1) is 16.9. The first-order valence-electron chi connectivity index (χ1n) is 11.5. The number of benzene rings is 3. The molecule has 3 aromatic rings. The van der Waals surface area contributed by atoms with Crippen LogP contribution in [0.25, 0.3) is 0 Å². The molecular formula is C28H22N2O5. The number of imide groups is 1. The van der Waals surface area contributed by atoms with E-state index in [1.807, 2.05) is 48.5 Å². The minimum Gasteiger partial charge on any atom is -0.478 e. The van der Waals surface area contributed by atoms with Crippen molar-refractivity contribution in [3.05, 3.63) is 100 Å². The van der Waals surface area contributed by atoms with Gasteiger partial charge in [0.2, 0.25) is 17.7 Å². The number of likely N-dealkylation sites (tertiary alicyclic amines) is 1. The van der Waals surface area contributed by atoms with E-state index in [1.54, 1.807) is 13.0 Å². The smallest absolute Gasteiger partial charge is 0.335 e. The van der Waals surface area contributed by atoms with Crippen LogP contribution >= 0.6 is 0 Å². The van der Waals surface area contributed by atoms with E-state index < -0.39 is 30.3 Å². The maximum Gasteiger partial charge on any atom is 0.335 e. The van der Waals surface area contributed by atoms with Gasteiger partial charge in [-0.15, -0.1) is 0 Å². The molecule has 174 valence electrons. The van der Waals surface area contributed by atoms with Crippen LogP contribution in [0.2, 0.25) is 0 Å². The SMILES string of the molecule is Cc1ccc(C(=O)O)cc1NC(=O)CN1C(=O)[C@H]2C3c4ccccc4C(c4ccccc43)[C@@H]2C1=O. The summed E-state index contributed by atoms with van der Waals surface area (Å²) in [5.41, 5.74) is 5.36. The van der Waals surface area contributed by atoms with Crippen LogP contribution in [0.5, 0.6) is 0 Å². The van der Waals surface area contributed by atoms with Crippen molar-refractivity contribution < 1.29 is 24.3 Å². The number of carboxylic acid groups (broad SMARTS) is 1.